The molecule has 0 aliphatic rings. The van der Waals surface area contributed by atoms with E-state index in [1.54, 1.807) is 12.1 Å². The monoisotopic (exact) mass is 176 g/mol. The van der Waals surface area contributed by atoms with Crippen molar-refractivity contribution in [3.63, 3.8) is 0 Å². The van der Waals surface area contributed by atoms with Crippen molar-refractivity contribution >= 4 is 0 Å². The molecule has 0 bridgehead atoms. The summed E-state index contributed by atoms with van der Waals surface area (Å²) in [6, 6.07) is 5.42. The first kappa shape index (κ1) is 9.53. The zero-order chi connectivity index (χ0) is 9.68. The van der Waals surface area contributed by atoms with Crippen molar-refractivity contribution in [2.75, 3.05) is 0 Å². The van der Waals surface area contributed by atoms with Crippen molar-refractivity contribution < 1.29 is 4.74 Å². The lowest BCUT2D eigenvalue weighted by Crippen LogP contribution is -2.10. The molecule has 13 heavy (non-hydrogen) atoms. The van der Waals surface area contributed by atoms with Crippen LogP contribution in [-0.4, -0.2) is 11.1 Å². The standard InChI is InChI=1S/C10H12N2O/c1-3-8(2)13-10-5-4-9(6-11)7-12-10/h4-5,7-8H,3H2,1-2H3. The fourth-order valence-electron chi connectivity index (χ4n) is 0.806. The molecule has 0 saturated heterocycles. The molecule has 0 aliphatic carbocycles. The lowest BCUT2D eigenvalue weighted by Gasteiger charge is -2.10. The second kappa shape index (κ2) is 4.46. The second-order valence-electron chi connectivity index (χ2n) is 2.83. The molecule has 0 saturated carbocycles. The van der Waals surface area contributed by atoms with Crippen molar-refractivity contribution in [1.29, 1.82) is 5.26 Å². The van der Waals surface area contributed by atoms with Crippen molar-refractivity contribution in [2.24, 2.45) is 0 Å². The molecule has 0 fully saturated rings. The third-order valence-corrected chi connectivity index (χ3v) is 1.76. The van der Waals surface area contributed by atoms with Gasteiger partial charge < -0.3 is 4.74 Å². The highest BCUT2D eigenvalue weighted by Crippen LogP contribution is 2.09. The van der Waals surface area contributed by atoms with Crippen LogP contribution >= 0.6 is 0 Å². The third kappa shape index (κ3) is 2.75. The van der Waals surface area contributed by atoms with Crippen molar-refractivity contribution in [2.45, 2.75) is 26.4 Å². The minimum atomic E-state index is 0.167. The van der Waals surface area contributed by atoms with E-state index in [9.17, 15) is 0 Å². The van der Waals surface area contributed by atoms with E-state index in [4.69, 9.17) is 10.00 Å². The number of nitriles is 1. The zero-order valence-electron chi connectivity index (χ0n) is 7.82. The van der Waals surface area contributed by atoms with Crippen LogP contribution in [0.4, 0.5) is 0 Å². The van der Waals surface area contributed by atoms with Crippen molar-refractivity contribution in [3.8, 4) is 11.9 Å². The Balaban J connectivity index is 2.65. The summed E-state index contributed by atoms with van der Waals surface area (Å²) in [5, 5.41) is 8.53. The molecular weight excluding hydrogens is 164 g/mol. The Bertz CT molecular complexity index is 300. The summed E-state index contributed by atoms with van der Waals surface area (Å²) in [7, 11) is 0. The molecule has 0 amide bonds. The van der Waals surface area contributed by atoms with Gasteiger partial charge in [-0.05, 0) is 19.4 Å². The number of ether oxygens (including phenoxy) is 1. The quantitative estimate of drug-likeness (QED) is 0.708. The molecule has 1 aromatic rings. The summed E-state index contributed by atoms with van der Waals surface area (Å²) < 4.78 is 5.44. The summed E-state index contributed by atoms with van der Waals surface area (Å²) in [5.41, 5.74) is 0.552. The molecule has 0 N–H and O–H groups in total. The molecule has 68 valence electrons. The Morgan fingerprint density at radius 2 is 2.38 bits per heavy atom. The maximum absolute atomic E-state index is 8.53. The largest absolute Gasteiger partial charge is 0.475 e. The number of nitrogens with zero attached hydrogens (tertiary/aromatic N) is 2. The average Bonchev–Trinajstić information content (AvgIpc) is 2.19. The van der Waals surface area contributed by atoms with E-state index in [1.165, 1.54) is 6.20 Å². The molecule has 3 heteroatoms. The van der Waals surface area contributed by atoms with Gasteiger partial charge in [0.1, 0.15) is 6.07 Å². The summed E-state index contributed by atoms with van der Waals surface area (Å²) in [4.78, 5) is 3.99. The molecular formula is C10H12N2O. The van der Waals surface area contributed by atoms with E-state index in [-0.39, 0.29) is 6.10 Å². The molecule has 1 atom stereocenters. The van der Waals surface area contributed by atoms with Gasteiger partial charge in [0.25, 0.3) is 0 Å². The SMILES string of the molecule is CCC(C)Oc1ccc(C#N)cn1. The maximum Gasteiger partial charge on any atom is 0.213 e. The topological polar surface area (TPSA) is 45.9 Å². The van der Waals surface area contributed by atoms with E-state index < -0.39 is 0 Å². The normalized spacial score (nSPS) is 11.8. The molecule has 1 unspecified atom stereocenters. The van der Waals surface area contributed by atoms with Gasteiger partial charge in [0.05, 0.1) is 11.7 Å². The predicted molar refractivity (Wildman–Crippen MR) is 49.3 cm³/mol. The fourth-order valence-corrected chi connectivity index (χ4v) is 0.806. The molecule has 0 aromatic carbocycles. The number of rotatable bonds is 3. The Hall–Kier alpha value is -1.56. The van der Waals surface area contributed by atoms with Crippen LogP contribution in [0.15, 0.2) is 18.3 Å². The van der Waals surface area contributed by atoms with E-state index in [1.807, 2.05) is 19.9 Å². The van der Waals surface area contributed by atoms with Crippen LogP contribution in [0.1, 0.15) is 25.8 Å². The molecule has 3 nitrogen and oxygen atoms in total. The average molecular weight is 176 g/mol. The fraction of sp³-hybridized carbons (Fsp3) is 0.400. The number of aromatic nitrogens is 1. The lowest BCUT2D eigenvalue weighted by molar-refractivity contribution is 0.208. The van der Waals surface area contributed by atoms with E-state index in [2.05, 4.69) is 4.98 Å². The number of pyridine rings is 1. The van der Waals surface area contributed by atoms with Gasteiger partial charge in [-0.25, -0.2) is 4.98 Å². The van der Waals surface area contributed by atoms with Crippen LogP contribution in [0.5, 0.6) is 5.88 Å². The summed E-state index contributed by atoms with van der Waals surface area (Å²) in [6.45, 7) is 4.04. The van der Waals surface area contributed by atoms with E-state index in [0.717, 1.165) is 6.42 Å². The van der Waals surface area contributed by atoms with Crippen molar-refractivity contribution in [1.82, 2.24) is 4.98 Å². The van der Waals surface area contributed by atoms with Crippen LogP contribution < -0.4 is 4.74 Å². The van der Waals surface area contributed by atoms with Crippen LogP contribution in [0.25, 0.3) is 0 Å². The molecule has 0 aliphatic heterocycles. The van der Waals surface area contributed by atoms with Gasteiger partial charge in [0.15, 0.2) is 0 Å². The first-order valence-corrected chi connectivity index (χ1v) is 4.29. The van der Waals surface area contributed by atoms with Crippen LogP contribution in [0, 0.1) is 11.3 Å². The predicted octanol–water partition coefficient (Wildman–Crippen LogP) is 2.13. The lowest BCUT2D eigenvalue weighted by atomic mass is 10.3. The Morgan fingerprint density at radius 3 is 2.85 bits per heavy atom. The number of hydrogen-bond donors (Lipinski definition) is 0. The van der Waals surface area contributed by atoms with E-state index >= 15 is 0 Å². The summed E-state index contributed by atoms with van der Waals surface area (Å²) in [5.74, 6) is 0.577. The Kier molecular flexibility index (Phi) is 3.27. The van der Waals surface area contributed by atoms with Gasteiger partial charge in [-0.15, -0.1) is 0 Å². The van der Waals surface area contributed by atoms with Gasteiger partial charge in [0.2, 0.25) is 5.88 Å². The molecule has 1 heterocycles. The van der Waals surface area contributed by atoms with E-state index in [0.29, 0.717) is 11.4 Å². The van der Waals surface area contributed by atoms with Gasteiger partial charge >= 0.3 is 0 Å². The summed E-state index contributed by atoms with van der Waals surface area (Å²) >= 11 is 0. The zero-order valence-corrected chi connectivity index (χ0v) is 7.82. The Labute approximate surface area is 78.0 Å². The first-order valence-electron chi connectivity index (χ1n) is 4.29. The maximum atomic E-state index is 8.53. The molecule has 1 rings (SSSR count). The molecule has 0 radical (unpaired) electrons. The highest BCUT2D eigenvalue weighted by atomic mass is 16.5. The first-order chi connectivity index (χ1) is 6.26. The molecule has 1 aromatic heterocycles. The molecule has 0 spiro atoms. The van der Waals surface area contributed by atoms with Crippen LogP contribution in [0.2, 0.25) is 0 Å². The van der Waals surface area contributed by atoms with Crippen LogP contribution in [-0.2, 0) is 0 Å². The third-order valence-electron chi connectivity index (χ3n) is 1.76. The minimum absolute atomic E-state index is 0.167. The smallest absolute Gasteiger partial charge is 0.213 e. The second-order valence-corrected chi connectivity index (χ2v) is 2.83. The van der Waals surface area contributed by atoms with Gasteiger partial charge in [-0.2, -0.15) is 5.26 Å². The van der Waals surface area contributed by atoms with Gasteiger partial charge in [-0.1, -0.05) is 6.92 Å². The highest BCUT2D eigenvalue weighted by molar-refractivity contribution is 5.28. The van der Waals surface area contributed by atoms with Crippen molar-refractivity contribution in [3.05, 3.63) is 23.9 Å². The minimum Gasteiger partial charge on any atom is -0.475 e. The highest BCUT2D eigenvalue weighted by Gasteiger charge is 2.01. The van der Waals surface area contributed by atoms with Gasteiger partial charge in [-0.3, -0.25) is 0 Å². The number of hydrogen-bond acceptors (Lipinski definition) is 3. The Morgan fingerprint density at radius 1 is 1.62 bits per heavy atom. The van der Waals surface area contributed by atoms with Crippen LogP contribution in [0.3, 0.4) is 0 Å². The summed E-state index contributed by atoms with van der Waals surface area (Å²) in [6.07, 6.45) is 2.62. The van der Waals surface area contributed by atoms with Gasteiger partial charge in [0, 0.05) is 12.3 Å².